The van der Waals surface area contributed by atoms with Crippen LogP contribution >= 0.6 is 0 Å². The number of H-pyrrole nitrogens is 1. The minimum absolute atomic E-state index is 0.0101. The molecule has 2 heterocycles. The second-order valence-corrected chi connectivity index (χ2v) is 6.63. The van der Waals surface area contributed by atoms with Gasteiger partial charge in [-0.3, -0.25) is 9.78 Å². The number of fused-ring (bicyclic) bond motifs is 1. The normalized spacial score (nSPS) is 11.6. The quantitative estimate of drug-likeness (QED) is 0.508. The molecule has 11 heteroatoms. The largest absolute Gasteiger partial charge is 0.478 e. The molecule has 0 aliphatic carbocycles. The second-order valence-electron chi connectivity index (χ2n) is 6.63. The Bertz CT molecular complexity index is 1380. The average Bonchev–Trinajstić information content (AvgIpc) is 3.19. The number of benzene rings is 2. The van der Waals surface area contributed by atoms with E-state index in [0.717, 1.165) is 23.0 Å². The SMILES string of the molecule is Cc1cc2nc(-n3cc(C(=O)O)cn3)[nH]c(=O)c2cc1Oc1cccc(C(F)(F)F)c1. The van der Waals surface area contributed by atoms with Gasteiger partial charge in [-0.15, -0.1) is 0 Å². The van der Waals surface area contributed by atoms with E-state index in [-0.39, 0.29) is 33.9 Å². The molecule has 0 radical (unpaired) electrons. The number of nitrogens with zero attached hydrogens (tertiary/aromatic N) is 3. The zero-order valence-electron chi connectivity index (χ0n) is 15.8. The Kier molecular flexibility index (Phi) is 4.72. The van der Waals surface area contributed by atoms with Gasteiger partial charge < -0.3 is 9.84 Å². The topological polar surface area (TPSA) is 110 Å². The summed E-state index contributed by atoms with van der Waals surface area (Å²) in [5, 5.41) is 13.0. The zero-order valence-corrected chi connectivity index (χ0v) is 15.8. The van der Waals surface area contributed by atoms with E-state index in [9.17, 15) is 22.8 Å². The van der Waals surface area contributed by atoms with Crippen molar-refractivity contribution in [3.8, 4) is 17.4 Å². The van der Waals surface area contributed by atoms with E-state index in [2.05, 4.69) is 15.1 Å². The van der Waals surface area contributed by atoms with Crippen LogP contribution in [0.25, 0.3) is 16.9 Å². The molecule has 2 aromatic heterocycles. The Balaban J connectivity index is 1.73. The number of halogens is 3. The fourth-order valence-corrected chi connectivity index (χ4v) is 2.89. The van der Waals surface area contributed by atoms with Crippen LogP contribution in [-0.4, -0.2) is 30.8 Å². The predicted octanol–water partition coefficient (Wildman–Crippen LogP) is 3.93. The molecule has 31 heavy (non-hydrogen) atoms. The summed E-state index contributed by atoms with van der Waals surface area (Å²) in [7, 11) is 0. The average molecular weight is 430 g/mol. The third-order valence-corrected chi connectivity index (χ3v) is 4.43. The van der Waals surface area contributed by atoms with E-state index in [4.69, 9.17) is 9.84 Å². The van der Waals surface area contributed by atoms with Crippen LogP contribution < -0.4 is 10.3 Å². The highest BCUT2D eigenvalue weighted by molar-refractivity contribution is 5.87. The Morgan fingerprint density at radius 3 is 2.68 bits per heavy atom. The molecule has 0 saturated heterocycles. The number of hydrogen-bond donors (Lipinski definition) is 2. The number of carbonyl (C=O) groups is 1. The smallest absolute Gasteiger partial charge is 0.416 e. The van der Waals surface area contributed by atoms with Crippen molar-refractivity contribution in [2.75, 3.05) is 0 Å². The van der Waals surface area contributed by atoms with Gasteiger partial charge in [0.1, 0.15) is 11.5 Å². The summed E-state index contributed by atoms with van der Waals surface area (Å²) in [5.74, 6) is -1.01. The lowest BCUT2D eigenvalue weighted by molar-refractivity contribution is -0.137. The lowest BCUT2D eigenvalue weighted by atomic mass is 10.1. The molecule has 0 atom stereocenters. The standard InChI is InChI=1S/C20H13F3N4O4/c1-10-5-15-14(7-16(10)31-13-4-2-3-12(6-13)20(21,22)23)17(28)26-19(25-15)27-9-11(8-24-27)18(29)30/h2-9H,1H3,(H,29,30)(H,25,26,28). The highest BCUT2D eigenvalue weighted by Gasteiger charge is 2.30. The Morgan fingerprint density at radius 2 is 2.00 bits per heavy atom. The minimum Gasteiger partial charge on any atom is -0.478 e. The van der Waals surface area contributed by atoms with Gasteiger partial charge in [0.25, 0.3) is 5.56 Å². The van der Waals surface area contributed by atoms with E-state index in [1.807, 2.05) is 0 Å². The van der Waals surface area contributed by atoms with E-state index >= 15 is 0 Å². The van der Waals surface area contributed by atoms with Crippen molar-refractivity contribution >= 4 is 16.9 Å². The number of carboxylic acid groups (broad SMARTS) is 1. The first-order valence-corrected chi connectivity index (χ1v) is 8.80. The van der Waals surface area contributed by atoms with E-state index in [1.165, 1.54) is 24.4 Å². The maximum Gasteiger partial charge on any atom is 0.416 e. The van der Waals surface area contributed by atoms with Crippen molar-refractivity contribution in [2.24, 2.45) is 0 Å². The summed E-state index contributed by atoms with van der Waals surface area (Å²) >= 11 is 0. The fourth-order valence-electron chi connectivity index (χ4n) is 2.89. The van der Waals surface area contributed by atoms with E-state index in [0.29, 0.717) is 5.56 Å². The van der Waals surface area contributed by atoms with Gasteiger partial charge in [0, 0.05) is 6.20 Å². The molecule has 8 nitrogen and oxygen atoms in total. The number of ether oxygens (including phenoxy) is 1. The number of hydrogen-bond acceptors (Lipinski definition) is 5. The summed E-state index contributed by atoms with van der Waals surface area (Å²) in [4.78, 5) is 30.3. The summed E-state index contributed by atoms with van der Waals surface area (Å²) in [6.45, 7) is 1.65. The van der Waals surface area contributed by atoms with Gasteiger partial charge in [0.05, 0.1) is 28.2 Å². The molecule has 0 amide bonds. The van der Waals surface area contributed by atoms with E-state index < -0.39 is 23.3 Å². The van der Waals surface area contributed by atoms with Gasteiger partial charge in [-0.1, -0.05) is 6.07 Å². The van der Waals surface area contributed by atoms with Gasteiger partial charge in [0.15, 0.2) is 0 Å². The molecule has 0 fully saturated rings. The van der Waals surface area contributed by atoms with Gasteiger partial charge in [-0.05, 0) is 42.8 Å². The molecular weight excluding hydrogens is 417 g/mol. The van der Waals surface area contributed by atoms with Crippen molar-refractivity contribution in [1.82, 2.24) is 19.7 Å². The minimum atomic E-state index is -4.51. The maximum absolute atomic E-state index is 12.9. The molecule has 0 bridgehead atoms. The Labute approximate surface area is 171 Å². The van der Waals surface area contributed by atoms with Crippen LogP contribution in [0.15, 0.2) is 53.6 Å². The van der Waals surface area contributed by atoms with Crippen molar-refractivity contribution in [2.45, 2.75) is 13.1 Å². The van der Waals surface area contributed by atoms with Crippen LogP contribution in [-0.2, 0) is 6.18 Å². The number of nitrogens with one attached hydrogen (secondary N) is 1. The molecular formula is C20H13F3N4O4. The Morgan fingerprint density at radius 1 is 1.23 bits per heavy atom. The van der Waals surface area contributed by atoms with Gasteiger partial charge in [0.2, 0.25) is 5.95 Å². The summed E-state index contributed by atoms with van der Waals surface area (Å²) in [6, 6.07) is 7.33. The first kappa shape index (κ1) is 20.1. The van der Waals surface area contributed by atoms with Crippen LogP contribution in [0, 0.1) is 6.92 Å². The van der Waals surface area contributed by atoms with Crippen molar-refractivity contribution < 1.29 is 27.8 Å². The number of aryl methyl sites for hydroxylation is 1. The molecule has 158 valence electrons. The zero-order chi connectivity index (χ0) is 22.3. The molecule has 0 unspecified atom stereocenters. The number of rotatable bonds is 4. The molecule has 4 rings (SSSR count). The summed E-state index contributed by atoms with van der Waals surface area (Å²) in [6.07, 6.45) is -2.20. The number of aromatic carboxylic acids is 1. The first-order chi connectivity index (χ1) is 14.6. The second kappa shape index (κ2) is 7.27. The summed E-state index contributed by atoms with van der Waals surface area (Å²) in [5.41, 5.74) is -0.682. The molecule has 0 saturated carbocycles. The van der Waals surface area contributed by atoms with Crippen LogP contribution in [0.3, 0.4) is 0 Å². The molecule has 2 N–H and O–H groups in total. The third-order valence-electron chi connectivity index (χ3n) is 4.43. The highest BCUT2D eigenvalue weighted by Crippen LogP contribution is 2.34. The number of alkyl halides is 3. The van der Waals surface area contributed by atoms with Crippen LogP contribution in [0.5, 0.6) is 11.5 Å². The maximum atomic E-state index is 12.9. The first-order valence-electron chi connectivity index (χ1n) is 8.80. The highest BCUT2D eigenvalue weighted by atomic mass is 19.4. The fraction of sp³-hybridized carbons (Fsp3) is 0.100. The van der Waals surface area contributed by atoms with Crippen LogP contribution in [0.4, 0.5) is 13.2 Å². The van der Waals surface area contributed by atoms with Crippen molar-refractivity contribution in [1.29, 1.82) is 0 Å². The summed E-state index contributed by atoms with van der Waals surface area (Å²) < 4.78 is 45.5. The lowest BCUT2D eigenvalue weighted by Gasteiger charge is -2.12. The van der Waals surface area contributed by atoms with Gasteiger partial charge >= 0.3 is 12.1 Å². The monoisotopic (exact) mass is 430 g/mol. The lowest BCUT2D eigenvalue weighted by Crippen LogP contribution is -2.14. The van der Waals surface area contributed by atoms with Crippen molar-refractivity contribution in [3.63, 3.8) is 0 Å². The number of aromatic nitrogens is 4. The molecule has 0 aliphatic rings. The molecule has 2 aromatic carbocycles. The van der Waals surface area contributed by atoms with Crippen LogP contribution in [0.2, 0.25) is 0 Å². The Hall–Kier alpha value is -4.15. The van der Waals surface area contributed by atoms with Gasteiger partial charge in [-0.2, -0.15) is 18.3 Å². The number of carboxylic acids is 1. The third kappa shape index (κ3) is 3.97. The molecule has 4 aromatic rings. The molecule has 0 spiro atoms. The molecule has 0 aliphatic heterocycles. The van der Waals surface area contributed by atoms with E-state index in [1.54, 1.807) is 13.0 Å². The number of aromatic amines is 1. The van der Waals surface area contributed by atoms with Gasteiger partial charge in [-0.25, -0.2) is 14.5 Å². The predicted molar refractivity (Wildman–Crippen MR) is 103 cm³/mol. The van der Waals surface area contributed by atoms with Crippen LogP contribution in [0.1, 0.15) is 21.5 Å². The van der Waals surface area contributed by atoms with Crippen molar-refractivity contribution in [3.05, 3.63) is 75.8 Å².